The second-order valence-corrected chi connectivity index (χ2v) is 8.76. The lowest BCUT2D eigenvalue weighted by atomic mass is 10.1. The highest BCUT2D eigenvalue weighted by Gasteiger charge is 2.24. The van der Waals surface area contributed by atoms with E-state index in [1.165, 1.54) is 0 Å². The maximum Gasteiger partial charge on any atom is 0.280 e. The van der Waals surface area contributed by atoms with Gasteiger partial charge in [-0.15, -0.1) is 0 Å². The highest BCUT2D eigenvalue weighted by molar-refractivity contribution is 7.92. The van der Waals surface area contributed by atoms with E-state index in [0.29, 0.717) is 5.69 Å². The molecule has 1 N–H and O–H groups in total. The third-order valence-corrected chi connectivity index (χ3v) is 6.18. The van der Waals surface area contributed by atoms with Crippen molar-refractivity contribution in [3.05, 3.63) is 53.7 Å². The summed E-state index contributed by atoms with van der Waals surface area (Å²) in [6.45, 7) is 6.02. The number of imidazole rings is 1. The average molecular weight is 385 g/mol. The van der Waals surface area contributed by atoms with E-state index in [1.807, 2.05) is 41.3 Å². The van der Waals surface area contributed by atoms with Gasteiger partial charge in [0.25, 0.3) is 10.0 Å². The summed E-state index contributed by atoms with van der Waals surface area (Å²) < 4.78 is 31.9. The van der Waals surface area contributed by atoms with Crippen LogP contribution in [0.25, 0.3) is 5.69 Å². The van der Waals surface area contributed by atoms with Crippen LogP contribution in [0.3, 0.4) is 0 Å². The van der Waals surface area contributed by atoms with Crippen molar-refractivity contribution in [2.45, 2.75) is 51.1 Å². The molecule has 3 heterocycles. The van der Waals surface area contributed by atoms with Gasteiger partial charge in [0, 0.05) is 30.0 Å². The fourth-order valence-corrected chi connectivity index (χ4v) is 4.60. The van der Waals surface area contributed by atoms with Gasteiger partial charge in [0.2, 0.25) is 0 Å². The van der Waals surface area contributed by atoms with Crippen LogP contribution >= 0.6 is 0 Å². The molecular formula is C19H23N5O2S. The third kappa shape index (κ3) is 3.37. The summed E-state index contributed by atoms with van der Waals surface area (Å²) in [5.41, 5.74) is 3.35. The lowest BCUT2D eigenvalue weighted by Crippen LogP contribution is -2.14. The van der Waals surface area contributed by atoms with Crippen molar-refractivity contribution < 1.29 is 8.42 Å². The lowest BCUT2D eigenvalue weighted by molar-refractivity contribution is 0.425. The van der Waals surface area contributed by atoms with Gasteiger partial charge in [-0.2, -0.15) is 13.5 Å². The van der Waals surface area contributed by atoms with E-state index >= 15 is 0 Å². The Bertz CT molecular complexity index is 1080. The number of rotatable bonds is 4. The Morgan fingerprint density at radius 3 is 2.56 bits per heavy atom. The summed E-state index contributed by atoms with van der Waals surface area (Å²) in [6, 6.07) is 9.45. The number of hydrogen-bond acceptors (Lipinski definition) is 4. The number of hydrogen-bond donors (Lipinski definition) is 1. The molecule has 27 heavy (non-hydrogen) atoms. The van der Waals surface area contributed by atoms with Crippen LogP contribution in [0.5, 0.6) is 0 Å². The quantitative estimate of drug-likeness (QED) is 0.746. The molecule has 0 amide bonds. The van der Waals surface area contributed by atoms with Crippen molar-refractivity contribution in [3.63, 3.8) is 0 Å². The van der Waals surface area contributed by atoms with Gasteiger partial charge in [-0.1, -0.05) is 0 Å². The number of sulfonamides is 1. The van der Waals surface area contributed by atoms with E-state index in [9.17, 15) is 8.42 Å². The molecule has 0 spiro atoms. The molecule has 142 valence electrons. The molecule has 0 fully saturated rings. The van der Waals surface area contributed by atoms with Crippen molar-refractivity contribution in [2.24, 2.45) is 0 Å². The number of aryl methyl sites for hydroxylation is 3. The van der Waals surface area contributed by atoms with E-state index in [-0.39, 0.29) is 11.1 Å². The fraction of sp³-hybridized carbons (Fsp3) is 0.368. The predicted molar refractivity (Wildman–Crippen MR) is 104 cm³/mol. The molecule has 3 aromatic rings. The summed E-state index contributed by atoms with van der Waals surface area (Å²) in [6.07, 6.45) is 4.55. The summed E-state index contributed by atoms with van der Waals surface area (Å²) in [5.74, 6) is 0.842. The summed E-state index contributed by atoms with van der Waals surface area (Å²) in [4.78, 5) is 4.35. The number of anilines is 1. The number of nitrogens with one attached hydrogen (secondary N) is 1. The zero-order chi connectivity index (χ0) is 19.2. The molecule has 0 saturated heterocycles. The van der Waals surface area contributed by atoms with Gasteiger partial charge < -0.3 is 4.57 Å². The van der Waals surface area contributed by atoms with Crippen molar-refractivity contribution in [2.75, 3.05) is 4.72 Å². The highest BCUT2D eigenvalue weighted by Crippen LogP contribution is 2.26. The fourth-order valence-electron chi connectivity index (χ4n) is 3.57. The molecule has 8 heteroatoms. The molecule has 7 nitrogen and oxygen atoms in total. The van der Waals surface area contributed by atoms with E-state index in [1.54, 1.807) is 18.3 Å². The maximum atomic E-state index is 12.7. The molecule has 1 unspecified atom stereocenters. The van der Waals surface area contributed by atoms with Crippen LogP contribution in [0.2, 0.25) is 0 Å². The highest BCUT2D eigenvalue weighted by atomic mass is 32.2. The molecule has 1 atom stereocenters. The van der Waals surface area contributed by atoms with Crippen molar-refractivity contribution in [1.29, 1.82) is 0 Å². The Balaban J connectivity index is 1.57. The third-order valence-electron chi connectivity index (χ3n) is 4.93. The number of fused-ring (bicyclic) bond motifs is 1. The van der Waals surface area contributed by atoms with Crippen molar-refractivity contribution in [3.8, 4) is 5.69 Å². The largest absolute Gasteiger partial charge is 0.331 e. The van der Waals surface area contributed by atoms with Crippen LogP contribution in [0.4, 0.5) is 5.69 Å². The van der Waals surface area contributed by atoms with Crippen molar-refractivity contribution >= 4 is 15.7 Å². The van der Waals surface area contributed by atoms with E-state index in [2.05, 4.69) is 21.7 Å². The van der Waals surface area contributed by atoms with Gasteiger partial charge in [-0.3, -0.25) is 4.72 Å². The standard InChI is InChI=1S/C19H23N5O2S/c1-13-11-15(3)24(21-13)17-9-7-16(8-10-17)22-27(25,26)19-12-23-14(2)5-4-6-18(23)20-19/h7-12,14,22H,4-6H2,1-3H3. The van der Waals surface area contributed by atoms with Gasteiger partial charge in [0.05, 0.1) is 11.4 Å². The van der Waals surface area contributed by atoms with Crippen molar-refractivity contribution in [1.82, 2.24) is 19.3 Å². The van der Waals surface area contributed by atoms with Crippen LogP contribution in [0.1, 0.15) is 43.0 Å². The lowest BCUT2D eigenvalue weighted by Gasteiger charge is -2.20. The van der Waals surface area contributed by atoms with E-state index < -0.39 is 10.0 Å². The molecule has 2 aromatic heterocycles. The Morgan fingerprint density at radius 1 is 1.19 bits per heavy atom. The molecule has 1 aliphatic heterocycles. The zero-order valence-corrected chi connectivity index (χ0v) is 16.5. The van der Waals surface area contributed by atoms with Gasteiger partial charge in [0.15, 0.2) is 5.03 Å². The first-order valence-electron chi connectivity index (χ1n) is 9.08. The van der Waals surface area contributed by atoms with Crippen LogP contribution < -0.4 is 4.72 Å². The molecule has 0 radical (unpaired) electrons. The SMILES string of the molecule is Cc1cc(C)n(-c2ccc(NS(=O)(=O)c3cn4c(n3)CCCC4C)cc2)n1. The minimum Gasteiger partial charge on any atom is -0.331 e. The molecular weight excluding hydrogens is 362 g/mol. The average Bonchev–Trinajstić information content (AvgIpc) is 3.20. The first-order chi connectivity index (χ1) is 12.8. The number of nitrogens with zero attached hydrogens (tertiary/aromatic N) is 4. The second kappa shape index (κ2) is 6.53. The number of benzene rings is 1. The van der Waals surface area contributed by atoms with Crippen LogP contribution in [-0.4, -0.2) is 27.7 Å². The van der Waals surface area contributed by atoms with Gasteiger partial charge in [-0.05, 0) is 63.9 Å². The topological polar surface area (TPSA) is 81.8 Å². The summed E-state index contributed by atoms with van der Waals surface area (Å²) in [5, 5.41) is 4.52. The number of aromatic nitrogens is 4. The second-order valence-electron chi connectivity index (χ2n) is 7.14. The Kier molecular flexibility index (Phi) is 4.30. The van der Waals surface area contributed by atoms with E-state index in [4.69, 9.17) is 0 Å². The van der Waals surface area contributed by atoms with Crippen LogP contribution in [0.15, 0.2) is 41.6 Å². The van der Waals surface area contributed by atoms with Crippen LogP contribution in [0, 0.1) is 13.8 Å². The maximum absolute atomic E-state index is 12.7. The first-order valence-corrected chi connectivity index (χ1v) is 10.6. The molecule has 0 bridgehead atoms. The Hall–Kier alpha value is -2.61. The predicted octanol–water partition coefficient (Wildman–Crippen LogP) is 3.38. The Labute approximate surface area is 159 Å². The molecule has 1 aliphatic rings. The minimum absolute atomic E-state index is 0.0777. The summed E-state index contributed by atoms with van der Waals surface area (Å²) in [7, 11) is -3.72. The Morgan fingerprint density at radius 2 is 1.93 bits per heavy atom. The van der Waals surface area contributed by atoms with Crippen LogP contribution in [-0.2, 0) is 16.4 Å². The first kappa shape index (κ1) is 17.8. The monoisotopic (exact) mass is 385 g/mol. The van der Waals surface area contributed by atoms with Gasteiger partial charge in [-0.25, -0.2) is 9.67 Å². The zero-order valence-electron chi connectivity index (χ0n) is 15.7. The van der Waals surface area contributed by atoms with Gasteiger partial charge in [0.1, 0.15) is 5.82 Å². The molecule has 0 saturated carbocycles. The molecule has 4 rings (SSSR count). The molecule has 1 aromatic carbocycles. The van der Waals surface area contributed by atoms with E-state index in [0.717, 1.165) is 42.2 Å². The smallest absolute Gasteiger partial charge is 0.280 e. The normalized spacial score (nSPS) is 16.9. The van der Waals surface area contributed by atoms with Gasteiger partial charge >= 0.3 is 0 Å². The minimum atomic E-state index is -3.72. The summed E-state index contributed by atoms with van der Waals surface area (Å²) >= 11 is 0. The molecule has 0 aliphatic carbocycles.